The zero-order chi connectivity index (χ0) is 14.7. The van der Waals surface area contributed by atoms with Crippen LogP contribution in [0.3, 0.4) is 0 Å². The molecule has 0 saturated carbocycles. The molecule has 0 atom stereocenters. The van der Waals surface area contributed by atoms with Gasteiger partial charge in [0.1, 0.15) is 23.6 Å². The molecule has 0 unspecified atom stereocenters. The monoisotopic (exact) mass is 343 g/mol. The third kappa shape index (κ3) is 3.00. The maximum absolute atomic E-state index is 5.94. The second-order valence-electron chi connectivity index (χ2n) is 4.59. The van der Waals surface area contributed by atoms with Crippen molar-refractivity contribution in [2.75, 3.05) is 7.11 Å². The third-order valence-electron chi connectivity index (χ3n) is 3.19. The van der Waals surface area contributed by atoms with Crippen molar-refractivity contribution in [3.8, 4) is 11.5 Å². The number of nitrogens with zero attached hydrogens (tertiary/aromatic N) is 1. The van der Waals surface area contributed by atoms with E-state index in [1.165, 1.54) is 0 Å². The van der Waals surface area contributed by atoms with Gasteiger partial charge in [-0.15, -0.1) is 0 Å². The summed E-state index contributed by atoms with van der Waals surface area (Å²) >= 11 is 3.49. The quantitative estimate of drug-likeness (QED) is 0.694. The number of fused-ring (bicyclic) bond motifs is 1. The molecule has 0 saturated heterocycles. The Morgan fingerprint density at radius 3 is 2.62 bits per heavy atom. The van der Waals surface area contributed by atoms with Gasteiger partial charge in [-0.3, -0.25) is 4.98 Å². The summed E-state index contributed by atoms with van der Waals surface area (Å²) < 4.78 is 12.3. The van der Waals surface area contributed by atoms with Crippen LogP contribution in [0.5, 0.6) is 11.5 Å². The molecular formula is C17H14BrNO2. The fourth-order valence-corrected chi connectivity index (χ4v) is 2.62. The highest BCUT2D eigenvalue weighted by atomic mass is 79.9. The van der Waals surface area contributed by atoms with E-state index in [0.29, 0.717) is 6.61 Å². The molecule has 0 radical (unpaired) electrons. The Morgan fingerprint density at radius 1 is 1.05 bits per heavy atom. The zero-order valence-corrected chi connectivity index (χ0v) is 13.1. The topological polar surface area (TPSA) is 31.4 Å². The first-order valence-electron chi connectivity index (χ1n) is 6.57. The van der Waals surface area contributed by atoms with Crippen LogP contribution in [0.1, 0.15) is 5.56 Å². The van der Waals surface area contributed by atoms with Crippen LogP contribution >= 0.6 is 15.9 Å². The highest BCUT2D eigenvalue weighted by Gasteiger charge is 2.09. The lowest BCUT2D eigenvalue weighted by molar-refractivity contribution is 0.309. The highest BCUT2D eigenvalue weighted by molar-refractivity contribution is 9.10. The van der Waals surface area contributed by atoms with Gasteiger partial charge in [0.2, 0.25) is 0 Å². The molecule has 3 aromatic rings. The number of hydrogen-bond donors (Lipinski definition) is 0. The fraction of sp³-hybridized carbons (Fsp3) is 0.118. The molecule has 0 spiro atoms. The minimum atomic E-state index is 0.523. The van der Waals surface area contributed by atoms with Gasteiger partial charge in [-0.2, -0.15) is 0 Å². The lowest BCUT2D eigenvalue weighted by Gasteiger charge is -2.11. The summed E-state index contributed by atoms with van der Waals surface area (Å²) in [7, 11) is 1.64. The molecule has 0 fully saturated rings. The Labute approximate surface area is 131 Å². The van der Waals surface area contributed by atoms with Crippen molar-refractivity contribution >= 4 is 26.8 Å². The second-order valence-corrected chi connectivity index (χ2v) is 5.50. The smallest absolute Gasteiger partial charge is 0.146 e. The van der Waals surface area contributed by atoms with Gasteiger partial charge >= 0.3 is 0 Å². The first kappa shape index (κ1) is 13.9. The predicted molar refractivity (Wildman–Crippen MR) is 86.8 cm³/mol. The van der Waals surface area contributed by atoms with Crippen molar-refractivity contribution in [2.24, 2.45) is 0 Å². The molecule has 0 aliphatic rings. The minimum absolute atomic E-state index is 0.523. The summed E-state index contributed by atoms with van der Waals surface area (Å²) in [4.78, 5) is 4.38. The number of aromatic nitrogens is 1. The number of benzene rings is 2. The van der Waals surface area contributed by atoms with Gasteiger partial charge in [0.25, 0.3) is 0 Å². The molecule has 4 heteroatoms. The standard InChI is InChI=1S/C17H14BrNO2/c1-20-16-10-13(18)9-14-15(7-8-19-17(14)16)21-11-12-5-3-2-4-6-12/h2-10H,11H2,1H3. The van der Waals surface area contributed by atoms with Gasteiger partial charge in [-0.05, 0) is 23.8 Å². The molecule has 3 nitrogen and oxygen atoms in total. The van der Waals surface area contributed by atoms with Crippen molar-refractivity contribution in [1.82, 2.24) is 4.98 Å². The fourth-order valence-electron chi connectivity index (χ4n) is 2.18. The molecule has 0 aliphatic carbocycles. The van der Waals surface area contributed by atoms with E-state index >= 15 is 0 Å². The molecule has 0 bridgehead atoms. The predicted octanol–water partition coefficient (Wildman–Crippen LogP) is 4.58. The van der Waals surface area contributed by atoms with Crippen LogP contribution in [0.4, 0.5) is 0 Å². The average molecular weight is 344 g/mol. The van der Waals surface area contributed by atoms with E-state index < -0.39 is 0 Å². The maximum Gasteiger partial charge on any atom is 0.146 e. The van der Waals surface area contributed by atoms with Crippen LogP contribution in [0, 0.1) is 0 Å². The van der Waals surface area contributed by atoms with E-state index in [1.807, 2.05) is 48.5 Å². The molecule has 1 aromatic heterocycles. The summed E-state index contributed by atoms with van der Waals surface area (Å²) in [6.45, 7) is 0.523. The Bertz CT molecular complexity index is 759. The minimum Gasteiger partial charge on any atom is -0.494 e. The summed E-state index contributed by atoms with van der Waals surface area (Å²) in [5, 5.41) is 0.930. The van der Waals surface area contributed by atoms with Crippen LogP contribution in [0.25, 0.3) is 10.9 Å². The van der Waals surface area contributed by atoms with Gasteiger partial charge in [0.05, 0.1) is 7.11 Å². The summed E-state index contributed by atoms with van der Waals surface area (Å²) in [5.74, 6) is 1.52. The molecule has 0 amide bonds. The lowest BCUT2D eigenvalue weighted by atomic mass is 10.2. The van der Waals surface area contributed by atoms with Crippen molar-refractivity contribution in [3.63, 3.8) is 0 Å². The van der Waals surface area contributed by atoms with E-state index in [9.17, 15) is 0 Å². The van der Waals surface area contributed by atoms with Gasteiger partial charge in [-0.1, -0.05) is 46.3 Å². The third-order valence-corrected chi connectivity index (χ3v) is 3.65. The van der Waals surface area contributed by atoms with Crippen molar-refractivity contribution in [1.29, 1.82) is 0 Å². The number of pyridine rings is 1. The first-order chi connectivity index (χ1) is 10.3. The van der Waals surface area contributed by atoms with Gasteiger partial charge in [0.15, 0.2) is 0 Å². The molecule has 3 rings (SSSR count). The van der Waals surface area contributed by atoms with Crippen LogP contribution in [0.2, 0.25) is 0 Å². The summed E-state index contributed by atoms with van der Waals surface area (Å²) in [6, 6.07) is 15.8. The molecule has 1 heterocycles. The lowest BCUT2D eigenvalue weighted by Crippen LogP contribution is -1.97. The largest absolute Gasteiger partial charge is 0.494 e. The van der Waals surface area contributed by atoms with Crippen LogP contribution in [0.15, 0.2) is 59.2 Å². The molecule has 21 heavy (non-hydrogen) atoms. The number of hydrogen-bond acceptors (Lipinski definition) is 3. The van der Waals surface area contributed by atoms with Crippen LogP contribution < -0.4 is 9.47 Å². The maximum atomic E-state index is 5.94. The number of halogens is 1. The van der Waals surface area contributed by atoms with Gasteiger partial charge < -0.3 is 9.47 Å². The SMILES string of the molecule is COc1cc(Br)cc2c(OCc3ccccc3)ccnc12. The number of ether oxygens (including phenoxy) is 2. The van der Waals surface area contributed by atoms with Crippen LogP contribution in [-0.4, -0.2) is 12.1 Å². The van der Waals surface area contributed by atoms with E-state index in [2.05, 4.69) is 20.9 Å². The molecule has 2 aromatic carbocycles. The van der Waals surface area contributed by atoms with E-state index in [4.69, 9.17) is 9.47 Å². The average Bonchev–Trinajstić information content (AvgIpc) is 2.53. The van der Waals surface area contributed by atoms with Crippen molar-refractivity contribution < 1.29 is 9.47 Å². The van der Waals surface area contributed by atoms with Gasteiger partial charge in [-0.25, -0.2) is 0 Å². The highest BCUT2D eigenvalue weighted by Crippen LogP contribution is 2.34. The van der Waals surface area contributed by atoms with E-state index in [-0.39, 0.29) is 0 Å². The summed E-state index contributed by atoms with van der Waals surface area (Å²) in [5.41, 5.74) is 1.93. The number of methoxy groups -OCH3 is 1. The molecule has 0 N–H and O–H groups in total. The zero-order valence-electron chi connectivity index (χ0n) is 11.5. The molecule has 0 aliphatic heterocycles. The van der Waals surface area contributed by atoms with Crippen molar-refractivity contribution in [3.05, 3.63) is 64.8 Å². The number of rotatable bonds is 4. The van der Waals surface area contributed by atoms with E-state index in [1.54, 1.807) is 13.3 Å². The molecular weight excluding hydrogens is 330 g/mol. The Balaban J connectivity index is 1.97. The first-order valence-corrected chi connectivity index (χ1v) is 7.36. The van der Waals surface area contributed by atoms with E-state index in [0.717, 1.165) is 32.4 Å². The Kier molecular flexibility index (Phi) is 4.06. The van der Waals surface area contributed by atoms with Gasteiger partial charge in [0, 0.05) is 16.1 Å². The van der Waals surface area contributed by atoms with Crippen LogP contribution in [-0.2, 0) is 6.61 Å². The Hall–Kier alpha value is -2.07. The van der Waals surface area contributed by atoms with Crippen molar-refractivity contribution in [2.45, 2.75) is 6.61 Å². The molecule has 106 valence electrons. The summed E-state index contributed by atoms with van der Waals surface area (Å²) in [6.07, 6.45) is 1.74. The second kappa shape index (κ2) is 6.14. The Morgan fingerprint density at radius 2 is 1.86 bits per heavy atom. The normalized spacial score (nSPS) is 10.6.